The SMILES string of the molecule is O=C(Nc1ccc(OCC(F)(F)F)cc1)c1nnc(Cl)s1. The van der Waals surface area contributed by atoms with Crippen molar-refractivity contribution in [3.05, 3.63) is 33.7 Å². The number of ether oxygens (including phenoxy) is 1. The van der Waals surface area contributed by atoms with E-state index in [1.165, 1.54) is 24.3 Å². The van der Waals surface area contributed by atoms with Crippen LogP contribution in [-0.4, -0.2) is 28.9 Å². The first-order valence-electron chi connectivity index (χ1n) is 5.43. The van der Waals surface area contributed by atoms with Crippen LogP contribution in [0.15, 0.2) is 24.3 Å². The van der Waals surface area contributed by atoms with Crippen LogP contribution in [0.25, 0.3) is 0 Å². The lowest BCUT2D eigenvalue weighted by molar-refractivity contribution is -0.153. The minimum atomic E-state index is -4.40. The summed E-state index contributed by atoms with van der Waals surface area (Å²) in [5.74, 6) is -0.465. The molecule has 0 radical (unpaired) electrons. The van der Waals surface area contributed by atoms with E-state index in [0.717, 1.165) is 11.3 Å². The van der Waals surface area contributed by atoms with Crippen molar-refractivity contribution in [2.24, 2.45) is 0 Å². The quantitative estimate of drug-likeness (QED) is 0.929. The molecule has 112 valence electrons. The molecular weight excluding hydrogens is 331 g/mol. The molecule has 0 aliphatic carbocycles. The lowest BCUT2D eigenvalue weighted by atomic mass is 10.3. The molecule has 21 heavy (non-hydrogen) atoms. The number of hydrogen-bond donors (Lipinski definition) is 1. The van der Waals surface area contributed by atoms with Gasteiger partial charge in [0.1, 0.15) is 5.75 Å². The molecule has 1 amide bonds. The summed E-state index contributed by atoms with van der Waals surface area (Å²) in [6.07, 6.45) is -4.40. The predicted octanol–water partition coefficient (Wildman–Crippen LogP) is 3.38. The van der Waals surface area contributed by atoms with E-state index in [9.17, 15) is 18.0 Å². The Bertz CT molecular complexity index is 630. The topological polar surface area (TPSA) is 64.1 Å². The number of amides is 1. The molecule has 1 heterocycles. The Hall–Kier alpha value is -1.87. The molecule has 1 aromatic carbocycles. The van der Waals surface area contributed by atoms with Gasteiger partial charge in [-0.1, -0.05) is 11.3 Å². The second kappa shape index (κ2) is 6.27. The number of benzene rings is 1. The summed E-state index contributed by atoms with van der Waals surface area (Å²) in [5, 5.41) is 9.63. The summed E-state index contributed by atoms with van der Waals surface area (Å²) in [6, 6.07) is 5.45. The minimum absolute atomic E-state index is 0.0456. The number of halogens is 4. The molecule has 0 aliphatic heterocycles. The smallest absolute Gasteiger partial charge is 0.422 e. The van der Waals surface area contributed by atoms with E-state index >= 15 is 0 Å². The molecule has 0 spiro atoms. The zero-order valence-electron chi connectivity index (χ0n) is 10.1. The Labute approximate surface area is 125 Å². The maximum Gasteiger partial charge on any atom is 0.422 e. The Morgan fingerprint density at radius 1 is 1.29 bits per heavy atom. The fourth-order valence-electron chi connectivity index (χ4n) is 1.28. The van der Waals surface area contributed by atoms with Crippen LogP contribution in [-0.2, 0) is 0 Å². The van der Waals surface area contributed by atoms with Gasteiger partial charge in [0.2, 0.25) is 9.47 Å². The van der Waals surface area contributed by atoms with Crippen LogP contribution in [0.4, 0.5) is 18.9 Å². The van der Waals surface area contributed by atoms with Gasteiger partial charge in [-0.05, 0) is 35.9 Å². The Kier molecular flexibility index (Phi) is 4.63. The standard InChI is InChI=1S/C11H7ClF3N3O2S/c12-10-18-17-9(21-10)8(19)16-6-1-3-7(4-2-6)20-5-11(13,14)15/h1-4H,5H2,(H,16,19). The highest BCUT2D eigenvalue weighted by Crippen LogP contribution is 2.21. The van der Waals surface area contributed by atoms with E-state index in [4.69, 9.17) is 11.6 Å². The number of carbonyl (C=O) groups is 1. The van der Waals surface area contributed by atoms with E-state index in [1.807, 2.05) is 0 Å². The van der Waals surface area contributed by atoms with E-state index in [1.54, 1.807) is 0 Å². The van der Waals surface area contributed by atoms with Gasteiger partial charge in [0.25, 0.3) is 5.91 Å². The third kappa shape index (κ3) is 4.87. The van der Waals surface area contributed by atoms with Gasteiger partial charge >= 0.3 is 6.18 Å². The molecule has 0 fully saturated rings. The van der Waals surface area contributed by atoms with Gasteiger partial charge in [0.15, 0.2) is 6.61 Å². The first kappa shape index (κ1) is 15.5. The van der Waals surface area contributed by atoms with Crippen molar-refractivity contribution in [1.29, 1.82) is 0 Å². The van der Waals surface area contributed by atoms with Crippen molar-refractivity contribution in [1.82, 2.24) is 10.2 Å². The maximum absolute atomic E-state index is 12.0. The summed E-state index contributed by atoms with van der Waals surface area (Å²) in [7, 11) is 0. The Morgan fingerprint density at radius 2 is 1.95 bits per heavy atom. The third-order valence-corrected chi connectivity index (χ3v) is 3.13. The van der Waals surface area contributed by atoms with Gasteiger partial charge in [-0.2, -0.15) is 13.2 Å². The number of aromatic nitrogens is 2. The van der Waals surface area contributed by atoms with Crippen molar-refractivity contribution in [3.8, 4) is 5.75 Å². The largest absolute Gasteiger partial charge is 0.484 e. The van der Waals surface area contributed by atoms with E-state index < -0.39 is 18.7 Å². The van der Waals surface area contributed by atoms with Crippen LogP contribution in [0, 0.1) is 0 Å². The molecule has 10 heteroatoms. The first-order chi connectivity index (χ1) is 9.83. The monoisotopic (exact) mass is 337 g/mol. The average molecular weight is 338 g/mol. The molecule has 0 aliphatic rings. The fraction of sp³-hybridized carbons (Fsp3) is 0.182. The number of nitrogens with one attached hydrogen (secondary N) is 1. The highest BCUT2D eigenvalue weighted by atomic mass is 35.5. The number of rotatable bonds is 4. The molecule has 0 saturated carbocycles. The van der Waals surface area contributed by atoms with Crippen LogP contribution in [0.1, 0.15) is 9.80 Å². The van der Waals surface area contributed by atoms with Crippen molar-refractivity contribution in [2.45, 2.75) is 6.18 Å². The zero-order valence-corrected chi connectivity index (χ0v) is 11.7. The normalized spacial score (nSPS) is 11.2. The molecule has 0 saturated heterocycles. The lowest BCUT2D eigenvalue weighted by Crippen LogP contribution is -2.19. The van der Waals surface area contributed by atoms with E-state index in [0.29, 0.717) is 5.69 Å². The Balaban J connectivity index is 1.94. The lowest BCUT2D eigenvalue weighted by Gasteiger charge is -2.09. The molecular formula is C11H7ClF3N3O2S. The fourth-order valence-corrected chi connectivity index (χ4v) is 2.00. The maximum atomic E-state index is 12.0. The molecule has 2 rings (SSSR count). The summed E-state index contributed by atoms with van der Waals surface area (Å²) < 4.78 is 40.6. The van der Waals surface area contributed by atoms with Gasteiger partial charge in [-0.25, -0.2) is 0 Å². The molecule has 1 aromatic heterocycles. The highest BCUT2D eigenvalue weighted by molar-refractivity contribution is 7.17. The minimum Gasteiger partial charge on any atom is -0.484 e. The van der Waals surface area contributed by atoms with Crippen molar-refractivity contribution >= 4 is 34.5 Å². The molecule has 1 N–H and O–H groups in total. The molecule has 0 atom stereocenters. The zero-order chi connectivity index (χ0) is 15.5. The Morgan fingerprint density at radius 3 is 2.48 bits per heavy atom. The average Bonchev–Trinajstić information content (AvgIpc) is 2.84. The molecule has 5 nitrogen and oxygen atoms in total. The van der Waals surface area contributed by atoms with Crippen LogP contribution in [0.3, 0.4) is 0 Å². The second-order valence-corrected chi connectivity index (χ2v) is 5.30. The van der Waals surface area contributed by atoms with Crippen molar-refractivity contribution in [2.75, 3.05) is 11.9 Å². The van der Waals surface area contributed by atoms with Gasteiger partial charge in [-0.3, -0.25) is 4.79 Å². The van der Waals surface area contributed by atoms with Crippen LogP contribution < -0.4 is 10.1 Å². The van der Waals surface area contributed by atoms with Crippen molar-refractivity contribution in [3.63, 3.8) is 0 Å². The summed E-state index contributed by atoms with van der Waals surface area (Å²) in [4.78, 5) is 11.7. The number of hydrogen-bond acceptors (Lipinski definition) is 5. The second-order valence-electron chi connectivity index (χ2n) is 3.74. The number of nitrogens with zero attached hydrogens (tertiary/aromatic N) is 2. The molecule has 2 aromatic rings. The highest BCUT2D eigenvalue weighted by Gasteiger charge is 2.28. The van der Waals surface area contributed by atoms with E-state index in [2.05, 4.69) is 20.3 Å². The number of carbonyl (C=O) groups excluding carboxylic acids is 1. The predicted molar refractivity (Wildman–Crippen MR) is 70.9 cm³/mol. The first-order valence-corrected chi connectivity index (χ1v) is 6.63. The van der Waals surface area contributed by atoms with Gasteiger partial charge < -0.3 is 10.1 Å². The molecule has 0 unspecified atom stereocenters. The van der Waals surface area contributed by atoms with Gasteiger partial charge in [0, 0.05) is 5.69 Å². The van der Waals surface area contributed by atoms with Crippen LogP contribution >= 0.6 is 22.9 Å². The molecule has 0 bridgehead atoms. The van der Waals surface area contributed by atoms with Crippen LogP contribution in [0.2, 0.25) is 4.47 Å². The van der Waals surface area contributed by atoms with Crippen molar-refractivity contribution < 1.29 is 22.7 Å². The summed E-state index contributed by atoms with van der Waals surface area (Å²) in [6.45, 7) is -1.37. The third-order valence-electron chi connectivity index (χ3n) is 2.11. The number of alkyl halides is 3. The summed E-state index contributed by atoms with van der Waals surface area (Å²) in [5.41, 5.74) is 0.380. The van der Waals surface area contributed by atoms with Gasteiger partial charge in [-0.15, -0.1) is 10.2 Å². The van der Waals surface area contributed by atoms with Crippen LogP contribution in [0.5, 0.6) is 5.75 Å². The van der Waals surface area contributed by atoms with E-state index in [-0.39, 0.29) is 15.2 Å². The summed E-state index contributed by atoms with van der Waals surface area (Å²) >= 11 is 6.47. The number of anilines is 1. The van der Waals surface area contributed by atoms with Gasteiger partial charge in [0.05, 0.1) is 0 Å².